The van der Waals surface area contributed by atoms with Crippen molar-refractivity contribution >= 4 is 11.7 Å². The zero-order chi connectivity index (χ0) is 22.6. The third-order valence-corrected chi connectivity index (χ3v) is 7.08. The summed E-state index contributed by atoms with van der Waals surface area (Å²) in [5.74, 6) is 0.213. The molecule has 3 aromatic carbocycles. The quantitative estimate of drug-likeness (QED) is 0.611. The molecule has 2 fully saturated rings. The smallest absolute Gasteiger partial charge is 0.321 e. The average molecular weight is 442 g/mol. The summed E-state index contributed by atoms with van der Waals surface area (Å²) >= 11 is 0. The zero-order valence-electron chi connectivity index (χ0n) is 18.8. The summed E-state index contributed by atoms with van der Waals surface area (Å²) in [6.07, 6.45) is 2.00. The summed E-state index contributed by atoms with van der Waals surface area (Å²) in [6.45, 7) is 2.53. The molecule has 0 spiro atoms. The Labute approximate surface area is 195 Å². The molecule has 2 aliphatic rings. The first kappa shape index (κ1) is 21.7. The number of hydrogen-bond acceptors (Lipinski definition) is 3. The third-order valence-electron chi connectivity index (χ3n) is 7.08. The molecule has 2 saturated heterocycles. The first-order valence-corrected chi connectivity index (χ1v) is 11.9. The second-order valence-corrected chi connectivity index (χ2v) is 9.02. The van der Waals surface area contributed by atoms with Gasteiger partial charge in [-0.3, -0.25) is 4.90 Å². The molecule has 0 saturated carbocycles. The van der Waals surface area contributed by atoms with Crippen LogP contribution in [0.15, 0.2) is 84.9 Å². The lowest BCUT2D eigenvalue weighted by molar-refractivity contribution is -0.0585. The molecule has 0 unspecified atom stereocenters. The topological polar surface area (TPSA) is 55.8 Å². The Bertz CT molecular complexity index is 1060. The van der Waals surface area contributed by atoms with Crippen LogP contribution in [-0.4, -0.2) is 59.3 Å². The van der Waals surface area contributed by atoms with Crippen LogP contribution in [0.3, 0.4) is 0 Å². The lowest BCUT2D eigenvalue weighted by Gasteiger charge is -2.57. The van der Waals surface area contributed by atoms with Crippen LogP contribution < -0.4 is 5.32 Å². The Morgan fingerprint density at radius 1 is 0.848 bits per heavy atom. The van der Waals surface area contributed by atoms with Crippen LogP contribution in [-0.2, 0) is 0 Å². The Kier molecular flexibility index (Phi) is 6.42. The molecule has 2 heterocycles. The first-order valence-electron chi connectivity index (χ1n) is 11.9. The summed E-state index contributed by atoms with van der Waals surface area (Å²) in [5, 5.41) is 13.2. The molecular weight excluding hydrogens is 410 g/mol. The number of nitrogens with one attached hydrogen (secondary N) is 1. The van der Waals surface area contributed by atoms with Gasteiger partial charge in [-0.05, 0) is 48.2 Å². The van der Waals surface area contributed by atoms with Gasteiger partial charge in [-0.25, -0.2) is 4.79 Å². The fraction of sp³-hybridized carbons (Fsp3) is 0.321. The number of fused-ring (bicyclic) bond motifs is 1. The molecule has 2 aliphatic heterocycles. The number of nitrogens with zero attached hydrogens (tertiary/aromatic N) is 2. The van der Waals surface area contributed by atoms with Crippen molar-refractivity contribution in [3.05, 3.63) is 90.5 Å². The number of aliphatic hydroxyl groups is 1. The summed E-state index contributed by atoms with van der Waals surface area (Å²) in [6, 6.07) is 29.0. The molecule has 5 rings (SSSR count). The van der Waals surface area contributed by atoms with Gasteiger partial charge >= 0.3 is 6.03 Å². The number of carbonyl (C=O) groups excluding carboxylic acids is 1. The van der Waals surface area contributed by atoms with Gasteiger partial charge in [0.05, 0.1) is 6.61 Å². The van der Waals surface area contributed by atoms with E-state index in [2.05, 4.69) is 58.7 Å². The molecule has 0 aliphatic carbocycles. The highest BCUT2D eigenvalue weighted by Gasteiger charge is 2.49. The molecule has 170 valence electrons. The minimum Gasteiger partial charge on any atom is -0.395 e. The lowest BCUT2D eigenvalue weighted by atomic mass is 9.74. The van der Waals surface area contributed by atoms with Crippen molar-refractivity contribution in [1.82, 2.24) is 9.80 Å². The molecule has 33 heavy (non-hydrogen) atoms. The number of amides is 2. The highest BCUT2D eigenvalue weighted by molar-refractivity contribution is 5.89. The molecule has 2 N–H and O–H groups in total. The minimum absolute atomic E-state index is 0.0475. The molecule has 5 nitrogen and oxygen atoms in total. The van der Waals surface area contributed by atoms with E-state index in [4.69, 9.17) is 0 Å². The third kappa shape index (κ3) is 4.52. The summed E-state index contributed by atoms with van der Waals surface area (Å²) in [4.78, 5) is 17.4. The van der Waals surface area contributed by atoms with E-state index < -0.39 is 0 Å². The average Bonchev–Trinajstić information content (AvgIpc) is 2.84. The van der Waals surface area contributed by atoms with Gasteiger partial charge in [0.1, 0.15) is 0 Å². The van der Waals surface area contributed by atoms with E-state index in [1.807, 2.05) is 41.3 Å². The Balaban J connectivity index is 1.35. The van der Waals surface area contributed by atoms with Gasteiger partial charge < -0.3 is 15.3 Å². The van der Waals surface area contributed by atoms with Crippen LogP contribution in [0.1, 0.15) is 24.3 Å². The predicted molar refractivity (Wildman–Crippen MR) is 132 cm³/mol. The van der Waals surface area contributed by atoms with Crippen molar-refractivity contribution in [1.29, 1.82) is 0 Å². The largest absolute Gasteiger partial charge is 0.395 e. The van der Waals surface area contributed by atoms with Crippen molar-refractivity contribution in [2.45, 2.75) is 30.8 Å². The summed E-state index contributed by atoms with van der Waals surface area (Å²) < 4.78 is 0. The zero-order valence-corrected chi connectivity index (χ0v) is 18.8. The van der Waals surface area contributed by atoms with Gasteiger partial charge in [-0.15, -0.1) is 0 Å². The van der Waals surface area contributed by atoms with Gasteiger partial charge in [0.25, 0.3) is 0 Å². The predicted octanol–water partition coefficient (Wildman–Crippen LogP) is 4.81. The van der Waals surface area contributed by atoms with Gasteiger partial charge in [-0.1, -0.05) is 72.8 Å². The van der Waals surface area contributed by atoms with E-state index in [-0.39, 0.29) is 30.6 Å². The lowest BCUT2D eigenvalue weighted by Crippen LogP contribution is -2.68. The van der Waals surface area contributed by atoms with E-state index in [9.17, 15) is 9.90 Å². The molecule has 0 bridgehead atoms. The molecule has 0 radical (unpaired) electrons. The Morgan fingerprint density at radius 2 is 1.48 bits per heavy atom. The maximum Gasteiger partial charge on any atom is 0.321 e. The van der Waals surface area contributed by atoms with Crippen molar-refractivity contribution in [3.63, 3.8) is 0 Å². The van der Waals surface area contributed by atoms with E-state index in [1.165, 1.54) is 16.7 Å². The molecule has 3 atom stereocenters. The Hall–Kier alpha value is -3.15. The van der Waals surface area contributed by atoms with Gasteiger partial charge in [0, 0.05) is 36.8 Å². The first-order chi connectivity index (χ1) is 16.2. The number of rotatable bonds is 4. The van der Waals surface area contributed by atoms with Gasteiger partial charge in [0.15, 0.2) is 0 Å². The molecule has 3 aromatic rings. The number of carbonyl (C=O) groups is 1. The monoisotopic (exact) mass is 441 g/mol. The molecule has 5 heteroatoms. The van der Waals surface area contributed by atoms with E-state index in [1.54, 1.807) is 0 Å². The van der Waals surface area contributed by atoms with Crippen LogP contribution in [0.4, 0.5) is 10.5 Å². The number of anilines is 1. The normalized spacial score (nSPS) is 23.1. The SMILES string of the molecule is O=C(Nc1ccccc1)N1CCCCN2[C@@H](CO)[C@H](c3ccc(-c4ccccc4)cc3)[C@@H]2C1. The minimum atomic E-state index is -0.0475. The highest BCUT2D eigenvalue weighted by atomic mass is 16.3. The fourth-order valence-corrected chi connectivity index (χ4v) is 5.38. The molecule has 0 aromatic heterocycles. The maximum absolute atomic E-state index is 13.1. The van der Waals surface area contributed by atoms with Crippen molar-refractivity contribution < 1.29 is 9.90 Å². The number of para-hydroxylation sites is 1. The molecule has 2 amide bonds. The van der Waals surface area contributed by atoms with Crippen molar-refractivity contribution in [3.8, 4) is 11.1 Å². The van der Waals surface area contributed by atoms with Crippen molar-refractivity contribution in [2.24, 2.45) is 0 Å². The van der Waals surface area contributed by atoms with E-state index in [0.717, 1.165) is 31.6 Å². The fourth-order valence-electron chi connectivity index (χ4n) is 5.38. The van der Waals surface area contributed by atoms with E-state index >= 15 is 0 Å². The van der Waals surface area contributed by atoms with Crippen LogP contribution in [0.25, 0.3) is 11.1 Å². The van der Waals surface area contributed by atoms with E-state index in [0.29, 0.717) is 6.54 Å². The summed E-state index contributed by atoms with van der Waals surface area (Å²) in [5.41, 5.74) is 4.44. The van der Waals surface area contributed by atoms with Gasteiger partial charge in [0.2, 0.25) is 0 Å². The van der Waals surface area contributed by atoms with Crippen LogP contribution in [0, 0.1) is 0 Å². The number of benzene rings is 3. The summed E-state index contributed by atoms with van der Waals surface area (Å²) in [7, 11) is 0. The standard InChI is InChI=1S/C28H31N3O2/c32-20-26-27(23-15-13-22(14-16-23)21-9-3-1-4-10-21)25-19-30(17-7-8-18-31(25)26)28(33)29-24-11-5-2-6-12-24/h1-6,9-16,25-27,32H,7-8,17-20H2,(H,29,33)/t25-,26-,27+/m0/s1. The van der Waals surface area contributed by atoms with Crippen molar-refractivity contribution in [2.75, 3.05) is 31.6 Å². The second-order valence-electron chi connectivity index (χ2n) is 9.02. The van der Waals surface area contributed by atoms with Gasteiger partial charge in [-0.2, -0.15) is 0 Å². The van der Waals surface area contributed by atoms with Crippen LogP contribution >= 0.6 is 0 Å². The van der Waals surface area contributed by atoms with Crippen LogP contribution in [0.2, 0.25) is 0 Å². The number of aliphatic hydroxyl groups excluding tert-OH is 1. The highest BCUT2D eigenvalue weighted by Crippen LogP contribution is 2.42. The molecular formula is C28H31N3O2. The number of hydrogen-bond donors (Lipinski definition) is 2. The maximum atomic E-state index is 13.1. The number of urea groups is 1. The second kappa shape index (κ2) is 9.77. The van der Waals surface area contributed by atoms with Crippen LogP contribution in [0.5, 0.6) is 0 Å². The Morgan fingerprint density at radius 3 is 2.18 bits per heavy atom.